The number of alkyl halides is 3. The minimum Gasteiger partial charge on any atom is -0.444 e. The quantitative estimate of drug-likeness (QED) is 0.511. The van der Waals surface area contributed by atoms with Crippen molar-refractivity contribution in [2.45, 2.75) is 90.3 Å². The average Bonchev–Trinajstić information content (AvgIpc) is 3.15. The van der Waals surface area contributed by atoms with E-state index in [4.69, 9.17) is 9.84 Å². The highest BCUT2D eigenvalue weighted by atomic mass is 19.4. The lowest BCUT2D eigenvalue weighted by atomic mass is 9.80. The van der Waals surface area contributed by atoms with Gasteiger partial charge in [0.15, 0.2) is 5.65 Å². The molecule has 1 amide bonds. The number of aromatic nitrogens is 3. The normalized spacial score (nSPS) is 26.6. The molecule has 0 spiro atoms. The summed E-state index contributed by atoms with van der Waals surface area (Å²) < 4.78 is 46.7. The zero-order chi connectivity index (χ0) is 24.8. The Balaban J connectivity index is 1.59. The first-order valence-corrected chi connectivity index (χ1v) is 12.2. The average molecular weight is 481 g/mol. The fourth-order valence-electron chi connectivity index (χ4n) is 5.27. The first-order valence-electron chi connectivity index (χ1n) is 12.2. The maximum Gasteiger partial charge on any atom is 0.410 e. The molecule has 0 unspecified atom stereocenters. The van der Waals surface area contributed by atoms with Crippen molar-refractivity contribution in [1.82, 2.24) is 19.5 Å². The van der Waals surface area contributed by atoms with Gasteiger partial charge in [-0.15, -0.1) is 0 Å². The van der Waals surface area contributed by atoms with Gasteiger partial charge in [-0.3, -0.25) is 0 Å². The van der Waals surface area contributed by atoms with Gasteiger partial charge in [0.1, 0.15) is 5.60 Å². The van der Waals surface area contributed by atoms with E-state index in [0.29, 0.717) is 37.5 Å². The van der Waals surface area contributed by atoms with Crippen LogP contribution in [0.15, 0.2) is 12.1 Å². The van der Waals surface area contributed by atoms with Gasteiger partial charge in [0, 0.05) is 36.7 Å². The van der Waals surface area contributed by atoms with Crippen molar-refractivity contribution in [3.8, 4) is 0 Å². The summed E-state index contributed by atoms with van der Waals surface area (Å²) in [5, 5.41) is 4.84. The van der Waals surface area contributed by atoms with E-state index < -0.39 is 17.7 Å². The lowest BCUT2D eigenvalue weighted by molar-refractivity contribution is -0.182. The van der Waals surface area contributed by atoms with Crippen LogP contribution in [0.4, 0.5) is 18.0 Å². The number of likely N-dealkylation sites (tertiary alicyclic amines) is 1. The Kier molecular flexibility index (Phi) is 6.59. The Morgan fingerprint density at radius 2 is 1.76 bits per heavy atom. The number of piperidine rings is 1. The molecule has 6 nitrogen and oxygen atoms in total. The van der Waals surface area contributed by atoms with Crippen LogP contribution in [-0.4, -0.2) is 50.5 Å². The molecule has 3 heterocycles. The third kappa shape index (κ3) is 5.33. The number of carbonyl (C=O) groups excluding carboxylic acids is 1. The molecule has 2 fully saturated rings. The van der Waals surface area contributed by atoms with Crippen LogP contribution in [-0.2, 0) is 4.74 Å². The molecule has 188 valence electrons. The Labute approximate surface area is 198 Å². The fourth-order valence-corrected chi connectivity index (χ4v) is 5.27. The minimum atomic E-state index is -4.12. The van der Waals surface area contributed by atoms with Crippen molar-refractivity contribution in [3.05, 3.63) is 29.2 Å². The molecule has 0 bridgehead atoms. The summed E-state index contributed by atoms with van der Waals surface area (Å²) >= 11 is 0. The number of carbonyl (C=O) groups is 1. The van der Waals surface area contributed by atoms with Crippen LogP contribution < -0.4 is 0 Å². The zero-order valence-electron chi connectivity index (χ0n) is 20.7. The molecule has 1 saturated heterocycles. The summed E-state index contributed by atoms with van der Waals surface area (Å²) in [6.07, 6.45) is -2.33. The second-order valence-electron chi connectivity index (χ2n) is 11.1. The van der Waals surface area contributed by atoms with Gasteiger partial charge >= 0.3 is 12.3 Å². The Bertz CT molecular complexity index is 1040. The number of amides is 1. The fraction of sp³-hybridized carbons (Fsp3) is 0.720. The lowest BCUT2D eigenvalue weighted by Gasteiger charge is -2.38. The van der Waals surface area contributed by atoms with E-state index in [1.165, 1.54) is 0 Å². The Morgan fingerprint density at radius 3 is 2.38 bits per heavy atom. The molecule has 0 aromatic carbocycles. The van der Waals surface area contributed by atoms with E-state index >= 15 is 0 Å². The molecule has 0 N–H and O–H groups in total. The molecule has 2 aromatic rings. The second kappa shape index (κ2) is 9.04. The van der Waals surface area contributed by atoms with Crippen LogP contribution in [0, 0.1) is 18.8 Å². The van der Waals surface area contributed by atoms with Gasteiger partial charge in [-0.1, -0.05) is 6.92 Å². The maximum atomic E-state index is 13.1. The monoisotopic (exact) mass is 480 g/mol. The number of fused-ring (bicyclic) bond motifs is 1. The molecule has 1 aliphatic heterocycles. The van der Waals surface area contributed by atoms with Gasteiger partial charge in [-0.25, -0.2) is 14.3 Å². The maximum absolute atomic E-state index is 13.1. The highest BCUT2D eigenvalue weighted by Gasteiger charge is 2.42. The van der Waals surface area contributed by atoms with Crippen molar-refractivity contribution < 1.29 is 22.7 Å². The standard InChI is InChI=1S/C25H35F3N4O2/c1-15-10-11-31(23(33)34-24(3,4)5)14-19(15)21-12-16(2)29-22-13-20(30-32(21)22)17-6-8-18(9-7-17)25(26,27)28/h12-13,15,17-19H,6-11,14H2,1-5H3/t15-,17-,18-,19-/m0/s1. The second-order valence-corrected chi connectivity index (χ2v) is 11.1. The molecule has 2 aromatic heterocycles. The summed E-state index contributed by atoms with van der Waals surface area (Å²) in [7, 11) is 0. The number of ether oxygens (including phenoxy) is 1. The number of halogens is 3. The summed E-state index contributed by atoms with van der Waals surface area (Å²) in [5.74, 6) is -0.813. The summed E-state index contributed by atoms with van der Waals surface area (Å²) in [6, 6.07) is 3.94. The van der Waals surface area contributed by atoms with Crippen LogP contribution >= 0.6 is 0 Å². The third-order valence-corrected chi connectivity index (χ3v) is 7.20. The highest BCUT2D eigenvalue weighted by Crippen LogP contribution is 2.43. The van der Waals surface area contributed by atoms with Gasteiger partial charge in [0.05, 0.1) is 17.3 Å². The van der Waals surface area contributed by atoms with Crippen molar-refractivity contribution >= 4 is 11.7 Å². The SMILES string of the molecule is Cc1cc([C@H]2CN(C(=O)OC(C)(C)C)CC[C@@H]2C)n2nc([C@H]3CC[C@H](C(F)(F)F)CC3)cc2n1. The van der Waals surface area contributed by atoms with E-state index in [-0.39, 0.29) is 30.8 Å². The minimum absolute atomic E-state index is 0.00972. The number of nitrogens with zero attached hydrogens (tertiary/aromatic N) is 4. The van der Waals surface area contributed by atoms with E-state index in [9.17, 15) is 18.0 Å². The van der Waals surface area contributed by atoms with Crippen molar-refractivity contribution in [1.29, 1.82) is 0 Å². The predicted molar refractivity (Wildman–Crippen MR) is 123 cm³/mol. The number of rotatable bonds is 2. The van der Waals surface area contributed by atoms with Gasteiger partial charge in [-0.05, 0) is 71.8 Å². The molecular formula is C25H35F3N4O2. The number of hydrogen-bond acceptors (Lipinski definition) is 4. The Morgan fingerprint density at radius 1 is 1.09 bits per heavy atom. The first kappa shape index (κ1) is 24.8. The Hall–Kier alpha value is -2.32. The van der Waals surface area contributed by atoms with Crippen LogP contribution in [0.1, 0.15) is 88.7 Å². The zero-order valence-corrected chi connectivity index (χ0v) is 20.7. The highest BCUT2D eigenvalue weighted by molar-refractivity contribution is 5.68. The lowest BCUT2D eigenvalue weighted by Crippen LogP contribution is -2.45. The van der Waals surface area contributed by atoms with E-state index in [1.807, 2.05) is 44.3 Å². The first-order chi connectivity index (χ1) is 15.8. The third-order valence-electron chi connectivity index (χ3n) is 7.20. The van der Waals surface area contributed by atoms with Crippen LogP contribution in [0.2, 0.25) is 0 Å². The molecule has 1 aliphatic carbocycles. The molecule has 0 radical (unpaired) electrons. The summed E-state index contributed by atoms with van der Waals surface area (Å²) in [5.41, 5.74) is 2.81. The number of hydrogen-bond donors (Lipinski definition) is 0. The number of aryl methyl sites for hydroxylation is 1. The molecular weight excluding hydrogens is 445 g/mol. The molecule has 1 saturated carbocycles. The van der Waals surface area contributed by atoms with Crippen molar-refractivity contribution in [3.63, 3.8) is 0 Å². The van der Waals surface area contributed by atoms with E-state index in [0.717, 1.165) is 23.5 Å². The molecule has 4 rings (SSSR count). The van der Waals surface area contributed by atoms with Gasteiger partial charge < -0.3 is 9.64 Å². The predicted octanol–water partition coefficient (Wildman–Crippen LogP) is 6.23. The van der Waals surface area contributed by atoms with Gasteiger partial charge in [0.2, 0.25) is 0 Å². The smallest absolute Gasteiger partial charge is 0.410 e. The topological polar surface area (TPSA) is 59.7 Å². The van der Waals surface area contributed by atoms with Crippen molar-refractivity contribution in [2.24, 2.45) is 11.8 Å². The van der Waals surface area contributed by atoms with Crippen LogP contribution in [0.5, 0.6) is 0 Å². The summed E-state index contributed by atoms with van der Waals surface area (Å²) in [4.78, 5) is 19.1. The molecule has 2 aliphatic rings. The molecule has 9 heteroatoms. The van der Waals surface area contributed by atoms with Gasteiger partial charge in [-0.2, -0.15) is 18.3 Å². The van der Waals surface area contributed by atoms with Gasteiger partial charge in [0.25, 0.3) is 0 Å². The van der Waals surface area contributed by atoms with Crippen molar-refractivity contribution in [2.75, 3.05) is 13.1 Å². The largest absolute Gasteiger partial charge is 0.444 e. The molecule has 34 heavy (non-hydrogen) atoms. The van der Waals surface area contributed by atoms with Crippen LogP contribution in [0.25, 0.3) is 5.65 Å². The van der Waals surface area contributed by atoms with E-state index in [2.05, 4.69) is 11.9 Å². The van der Waals surface area contributed by atoms with E-state index in [1.54, 1.807) is 4.90 Å². The molecule has 2 atom stereocenters. The summed E-state index contributed by atoms with van der Waals surface area (Å²) in [6.45, 7) is 10.9. The van der Waals surface area contributed by atoms with Crippen LogP contribution in [0.3, 0.4) is 0 Å².